The molecule has 1 aliphatic heterocycles. The molecule has 144 valence electrons. The van der Waals surface area contributed by atoms with Crippen molar-refractivity contribution in [3.05, 3.63) is 45.6 Å². The number of halogens is 1. The van der Waals surface area contributed by atoms with Crippen molar-refractivity contribution in [2.75, 3.05) is 13.1 Å². The summed E-state index contributed by atoms with van der Waals surface area (Å²) in [4.78, 5) is 8.40. The normalized spacial score (nSPS) is 22.4. The Bertz CT molecular complexity index is 946. The van der Waals surface area contributed by atoms with E-state index in [1.807, 2.05) is 31.2 Å². The fourth-order valence-corrected chi connectivity index (χ4v) is 5.09. The number of aromatic nitrogens is 3. The second kappa shape index (κ2) is 7.39. The van der Waals surface area contributed by atoms with Gasteiger partial charge in [0.1, 0.15) is 0 Å². The molecule has 27 heavy (non-hydrogen) atoms. The fraction of sp³-hybridized carbons (Fsp3) is 0.474. The van der Waals surface area contributed by atoms with Gasteiger partial charge in [-0.1, -0.05) is 42.0 Å². The zero-order valence-corrected chi connectivity index (χ0v) is 17.2. The lowest BCUT2D eigenvalue weighted by molar-refractivity contribution is -0.0764. The highest BCUT2D eigenvalue weighted by Crippen LogP contribution is 2.41. The third-order valence-electron chi connectivity index (χ3n) is 4.79. The zero-order chi connectivity index (χ0) is 19.1. The molecule has 3 aromatic rings. The highest BCUT2D eigenvalue weighted by atomic mass is 35.5. The topological polar surface area (TPSA) is 62.9 Å². The van der Waals surface area contributed by atoms with Crippen molar-refractivity contribution in [3.8, 4) is 5.88 Å². The third kappa shape index (κ3) is 3.57. The van der Waals surface area contributed by atoms with Crippen LogP contribution in [0.1, 0.15) is 43.1 Å². The van der Waals surface area contributed by atoms with Crippen LogP contribution in [0, 0.1) is 0 Å². The van der Waals surface area contributed by atoms with E-state index in [-0.39, 0.29) is 24.1 Å². The molecule has 8 heteroatoms. The van der Waals surface area contributed by atoms with Gasteiger partial charge in [-0.25, -0.2) is 4.98 Å². The van der Waals surface area contributed by atoms with E-state index >= 15 is 0 Å². The molecule has 1 saturated heterocycles. The second-order valence-corrected chi connectivity index (χ2v) is 8.48. The maximum absolute atomic E-state index is 10.9. The van der Waals surface area contributed by atoms with Crippen molar-refractivity contribution in [3.63, 3.8) is 0 Å². The molecule has 0 amide bonds. The molecule has 3 heterocycles. The molecule has 1 fully saturated rings. The first-order chi connectivity index (χ1) is 13.0. The van der Waals surface area contributed by atoms with Crippen molar-refractivity contribution in [1.82, 2.24) is 19.5 Å². The van der Waals surface area contributed by atoms with Crippen molar-refractivity contribution in [1.29, 1.82) is 0 Å². The number of aromatic hydroxyl groups is 1. The molecule has 3 atom stereocenters. The zero-order valence-electron chi connectivity index (χ0n) is 15.6. The number of thiazole rings is 1. The Morgan fingerprint density at radius 2 is 2.07 bits per heavy atom. The minimum atomic E-state index is -0.129. The lowest BCUT2D eigenvalue weighted by Crippen LogP contribution is -2.47. The number of benzene rings is 1. The van der Waals surface area contributed by atoms with Gasteiger partial charge >= 0.3 is 0 Å². The molecule has 6 nitrogen and oxygen atoms in total. The number of ether oxygens (including phenoxy) is 1. The van der Waals surface area contributed by atoms with Crippen LogP contribution < -0.4 is 0 Å². The molecule has 0 bridgehead atoms. The van der Waals surface area contributed by atoms with E-state index in [2.05, 4.69) is 28.8 Å². The highest BCUT2D eigenvalue weighted by Gasteiger charge is 2.34. The SMILES string of the molecule is CCc1nc2sc([C@H](c3cccc(Cl)c3)N3C[C@@H](C)O[C@@H](C)C3)c(O)n2n1. The van der Waals surface area contributed by atoms with E-state index in [1.54, 1.807) is 4.52 Å². The predicted molar refractivity (Wildman–Crippen MR) is 107 cm³/mol. The van der Waals surface area contributed by atoms with E-state index in [1.165, 1.54) is 11.3 Å². The van der Waals surface area contributed by atoms with Gasteiger partial charge in [0.2, 0.25) is 10.8 Å². The van der Waals surface area contributed by atoms with Gasteiger partial charge in [-0.15, -0.1) is 5.10 Å². The number of hydrogen-bond donors (Lipinski definition) is 1. The standard InChI is InChI=1S/C19H23ClN4O2S/c1-4-15-21-19-24(22-15)18(25)17(27-19)16(13-6-5-7-14(20)8-13)23-9-11(2)26-12(3)10-23/h5-8,11-12,16,25H,4,9-10H2,1-3H3/t11-,12+,16-/m0/s1. The molecule has 4 rings (SSSR count). The molecule has 2 aromatic heterocycles. The molecule has 1 aliphatic rings. The van der Waals surface area contributed by atoms with E-state index in [4.69, 9.17) is 16.3 Å². The summed E-state index contributed by atoms with van der Waals surface area (Å²) < 4.78 is 7.46. The number of nitrogens with zero attached hydrogens (tertiary/aromatic N) is 4. The third-order valence-corrected chi connectivity index (χ3v) is 6.09. The molecule has 0 saturated carbocycles. The smallest absolute Gasteiger partial charge is 0.230 e. The minimum Gasteiger partial charge on any atom is -0.492 e. The average Bonchev–Trinajstić information content (AvgIpc) is 3.14. The summed E-state index contributed by atoms with van der Waals surface area (Å²) in [6.45, 7) is 7.70. The highest BCUT2D eigenvalue weighted by molar-refractivity contribution is 7.17. The van der Waals surface area contributed by atoms with Crippen molar-refractivity contribution < 1.29 is 9.84 Å². The quantitative estimate of drug-likeness (QED) is 0.711. The van der Waals surface area contributed by atoms with Gasteiger partial charge in [0, 0.05) is 24.5 Å². The van der Waals surface area contributed by atoms with Gasteiger partial charge < -0.3 is 9.84 Å². The first-order valence-corrected chi connectivity index (χ1v) is 10.4. The Labute approximate surface area is 167 Å². The van der Waals surface area contributed by atoms with Gasteiger partial charge in [0.15, 0.2) is 5.82 Å². The number of aryl methyl sites for hydroxylation is 1. The number of fused-ring (bicyclic) bond motifs is 1. The van der Waals surface area contributed by atoms with Crippen LogP contribution in [0.4, 0.5) is 0 Å². The van der Waals surface area contributed by atoms with Crippen molar-refractivity contribution >= 4 is 27.9 Å². The summed E-state index contributed by atoms with van der Waals surface area (Å²) in [5.41, 5.74) is 1.04. The van der Waals surface area contributed by atoms with E-state index < -0.39 is 0 Å². The minimum absolute atomic E-state index is 0.117. The molecule has 1 N–H and O–H groups in total. The van der Waals surface area contributed by atoms with E-state index in [9.17, 15) is 5.11 Å². The monoisotopic (exact) mass is 406 g/mol. The molecule has 1 aromatic carbocycles. The van der Waals surface area contributed by atoms with Crippen LogP contribution in [0.2, 0.25) is 5.02 Å². The Hall–Kier alpha value is -1.67. The van der Waals surface area contributed by atoms with Crippen LogP contribution in [0.3, 0.4) is 0 Å². The van der Waals surface area contributed by atoms with Crippen LogP contribution in [-0.4, -0.2) is 49.9 Å². The van der Waals surface area contributed by atoms with Gasteiger partial charge in [0.05, 0.1) is 23.1 Å². The van der Waals surface area contributed by atoms with Crippen LogP contribution >= 0.6 is 22.9 Å². The summed E-state index contributed by atoms with van der Waals surface area (Å²) in [5, 5.41) is 16.0. The van der Waals surface area contributed by atoms with Gasteiger partial charge in [0.25, 0.3) is 0 Å². The Morgan fingerprint density at radius 3 is 2.70 bits per heavy atom. The van der Waals surface area contributed by atoms with Crippen LogP contribution in [0.5, 0.6) is 5.88 Å². The summed E-state index contributed by atoms with van der Waals surface area (Å²) in [6.07, 6.45) is 0.970. The Morgan fingerprint density at radius 1 is 1.33 bits per heavy atom. The largest absolute Gasteiger partial charge is 0.492 e. The fourth-order valence-electron chi connectivity index (χ4n) is 3.75. The summed E-state index contributed by atoms with van der Waals surface area (Å²) >= 11 is 7.76. The van der Waals surface area contributed by atoms with Gasteiger partial charge in [-0.2, -0.15) is 4.52 Å². The first-order valence-electron chi connectivity index (χ1n) is 9.18. The lowest BCUT2D eigenvalue weighted by Gasteiger charge is -2.40. The lowest BCUT2D eigenvalue weighted by atomic mass is 10.0. The number of hydrogen-bond acceptors (Lipinski definition) is 6. The molecule has 0 aliphatic carbocycles. The van der Waals surface area contributed by atoms with Gasteiger partial charge in [-0.3, -0.25) is 4.90 Å². The van der Waals surface area contributed by atoms with E-state index in [0.717, 1.165) is 35.8 Å². The first kappa shape index (κ1) is 18.7. The van der Waals surface area contributed by atoms with Gasteiger partial charge in [-0.05, 0) is 31.5 Å². The van der Waals surface area contributed by atoms with Crippen molar-refractivity contribution in [2.45, 2.75) is 45.4 Å². The Kier molecular flexibility index (Phi) is 5.11. The summed E-state index contributed by atoms with van der Waals surface area (Å²) in [5.74, 6) is 0.884. The molecular formula is C19H23ClN4O2S. The van der Waals surface area contributed by atoms with Crippen molar-refractivity contribution in [2.24, 2.45) is 0 Å². The molecule has 0 unspecified atom stereocenters. The maximum atomic E-state index is 10.9. The van der Waals surface area contributed by atoms with Crippen LogP contribution in [0.15, 0.2) is 24.3 Å². The number of morpholine rings is 1. The van der Waals surface area contributed by atoms with Crippen LogP contribution in [0.25, 0.3) is 4.96 Å². The second-order valence-electron chi connectivity index (χ2n) is 7.03. The van der Waals surface area contributed by atoms with Crippen LogP contribution in [-0.2, 0) is 11.2 Å². The maximum Gasteiger partial charge on any atom is 0.230 e. The Balaban J connectivity index is 1.82. The summed E-state index contributed by atoms with van der Waals surface area (Å²) in [6, 6.07) is 7.69. The molecule has 0 radical (unpaired) electrons. The predicted octanol–water partition coefficient (Wildman–Crippen LogP) is 3.91. The summed E-state index contributed by atoms with van der Waals surface area (Å²) in [7, 11) is 0. The average molecular weight is 407 g/mol. The number of rotatable bonds is 4. The molecular weight excluding hydrogens is 384 g/mol. The van der Waals surface area contributed by atoms with E-state index in [0.29, 0.717) is 9.98 Å². The molecule has 0 spiro atoms.